The van der Waals surface area contributed by atoms with E-state index in [0.29, 0.717) is 32.1 Å². The molecular weight excluding hydrogens is 646 g/mol. The van der Waals surface area contributed by atoms with Crippen LogP contribution in [0, 0.1) is 0 Å². The Hall–Kier alpha value is -5.19. The molecule has 0 radical (unpaired) electrons. The van der Waals surface area contributed by atoms with E-state index in [0.717, 1.165) is 19.5 Å². The molecule has 0 heterocycles. The summed E-state index contributed by atoms with van der Waals surface area (Å²) in [6.07, 6.45) is 4.11. The largest absolute Gasteiger partial charge is 0.481 e. The number of urea groups is 2. The number of carboxylic acids is 4. The Morgan fingerprint density at radius 2 is 0.979 bits per heavy atom. The first-order chi connectivity index (χ1) is 22.7. The molecule has 0 aliphatic heterocycles. The van der Waals surface area contributed by atoms with Crippen LogP contribution in [0.4, 0.5) is 9.59 Å². The summed E-state index contributed by atoms with van der Waals surface area (Å²) >= 11 is 0. The zero-order valence-electron chi connectivity index (χ0n) is 27.0. The van der Waals surface area contributed by atoms with E-state index in [9.17, 15) is 33.6 Å². The van der Waals surface area contributed by atoms with Crippen LogP contribution < -0.4 is 26.6 Å². The monoisotopic (exact) mass is 693 g/mol. The molecule has 2 atom stereocenters. The number of nitrogens with one attached hydrogen (secondary N) is 5. The highest BCUT2D eigenvalue weighted by molar-refractivity contribution is 5.84. The van der Waals surface area contributed by atoms with Crippen molar-refractivity contribution < 1.29 is 73.2 Å². The number of aliphatic carboxylic acids is 4. The van der Waals surface area contributed by atoms with Gasteiger partial charge in [-0.1, -0.05) is 13.8 Å². The second kappa shape index (κ2) is 36.3. The topological polar surface area (TPSA) is 329 Å². The number of ketones is 1. The maximum Gasteiger partial charge on any atom is 0.373 e. The van der Waals surface area contributed by atoms with Gasteiger partial charge in [0.2, 0.25) is 0 Å². The van der Waals surface area contributed by atoms with Crippen molar-refractivity contribution in [3.05, 3.63) is 0 Å². The first kappa shape index (κ1) is 49.7. The van der Waals surface area contributed by atoms with E-state index in [4.69, 9.17) is 39.6 Å². The van der Waals surface area contributed by atoms with Gasteiger partial charge in [0.15, 0.2) is 0 Å². The number of carbonyl (C=O) groups is 7. The van der Waals surface area contributed by atoms with Crippen molar-refractivity contribution in [3.8, 4) is 0 Å². The summed E-state index contributed by atoms with van der Waals surface area (Å²) in [6.45, 7) is 5.89. The number of carbonyl (C=O) groups excluding carboxylic acids is 7. The Labute approximate surface area is 276 Å². The van der Waals surface area contributed by atoms with E-state index in [2.05, 4.69) is 26.6 Å². The molecule has 0 aromatic rings. The summed E-state index contributed by atoms with van der Waals surface area (Å²) in [6, 6.07) is -3.33. The number of hydrogen-bond acceptors (Lipinski definition) is 12. The smallest absolute Gasteiger partial charge is 0.373 e. The molecule has 0 aromatic heterocycles. The van der Waals surface area contributed by atoms with Gasteiger partial charge in [-0.2, -0.15) is 19.2 Å². The number of carboxylic acid groups (broad SMARTS) is 4. The number of Topliss-reactive ketones (excluding diaryl/α,β-unsaturated/α-hetero) is 1. The Balaban J connectivity index is -0.000000345. The van der Waals surface area contributed by atoms with Gasteiger partial charge in [0.1, 0.15) is 17.9 Å². The first-order valence-electron chi connectivity index (χ1n) is 14.9. The van der Waals surface area contributed by atoms with E-state index < -0.39 is 48.0 Å². The predicted octanol–water partition coefficient (Wildman–Crippen LogP) is -0.0306. The van der Waals surface area contributed by atoms with Gasteiger partial charge in [-0.25, -0.2) is 19.2 Å². The number of amides is 4. The van der Waals surface area contributed by atoms with Crippen molar-refractivity contribution in [2.75, 3.05) is 26.2 Å². The van der Waals surface area contributed by atoms with E-state index in [1.807, 2.05) is 13.8 Å². The van der Waals surface area contributed by atoms with Crippen LogP contribution in [-0.4, -0.2) is 113 Å². The lowest BCUT2D eigenvalue weighted by atomic mass is 10.1. The third-order valence-electron chi connectivity index (χ3n) is 5.50. The molecule has 48 heavy (non-hydrogen) atoms. The quantitative estimate of drug-likeness (QED) is 0.0634. The average Bonchev–Trinajstić information content (AvgIpc) is 2.99. The van der Waals surface area contributed by atoms with Gasteiger partial charge < -0.3 is 47.0 Å². The molecule has 274 valence electrons. The van der Waals surface area contributed by atoms with Gasteiger partial charge in [0, 0.05) is 38.8 Å². The highest BCUT2D eigenvalue weighted by atomic mass is 16.4. The minimum absolute atomic E-state index is 0.0347. The SMILES string of the molecule is CCCC(=O)CC[C@H](NC(=O)NCCCC(=O)O)C(=O)O.CCNCCCC[C@H](NC(=O)NCCCC(=O)O)C(=O)O.O=C=O.O=C=O. The number of rotatable bonds is 23. The number of unbranched alkanes of at least 4 members (excludes halogenated alkanes) is 1. The van der Waals surface area contributed by atoms with Gasteiger partial charge in [0.05, 0.1) is 0 Å². The van der Waals surface area contributed by atoms with Gasteiger partial charge in [-0.15, -0.1) is 0 Å². The van der Waals surface area contributed by atoms with Crippen molar-refractivity contribution in [3.63, 3.8) is 0 Å². The molecule has 0 rings (SSSR count). The second-order valence-electron chi connectivity index (χ2n) is 9.42. The molecule has 9 N–H and O–H groups in total. The average molecular weight is 694 g/mol. The normalized spacial score (nSPS) is 10.5. The molecule has 20 nitrogen and oxygen atoms in total. The van der Waals surface area contributed by atoms with E-state index in [1.165, 1.54) is 0 Å². The number of hydrogen-bond donors (Lipinski definition) is 9. The van der Waals surface area contributed by atoms with Crippen LogP contribution >= 0.6 is 0 Å². The summed E-state index contributed by atoms with van der Waals surface area (Å²) < 4.78 is 0. The van der Waals surface area contributed by atoms with Crippen LogP contribution in [0.5, 0.6) is 0 Å². The molecule has 20 heteroatoms. The minimum Gasteiger partial charge on any atom is -0.481 e. The standard InChI is InChI=1S/C13H25N3O5.C13H22N2O6.2CO2/c1-2-14-8-4-3-6-10(12(19)20)16-13(21)15-9-5-7-11(17)18;1-2-4-9(16)6-7-10(12(19)20)15-13(21)14-8-3-5-11(17)18;2*2-1-3/h10,14H,2-9H2,1H3,(H,17,18)(H,19,20)(H2,15,16,21);10H,2-8H2,1H3,(H,17,18)(H,19,20)(H2,14,15,21);;/t2*10-;;/m00../s1. The minimum atomic E-state index is -1.21. The van der Waals surface area contributed by atoms with Crippen molar-refractivity contribution in [1.29, 1.82) is 0 Å². The molecule has 0 aliphatic carbocycles. The molecule has 0 spiro atoms. The lowest BCUT2D eigenvalue weighted by Crippen LogP contribution is -2.46. The van der Waals surface area contributed by atoms with Gasteiger partial charge in [-0.05, 0) is 58.0 Å². The molecule has 0 aromatic carbocycles. The van der Waals surface area contributed by atoms with Gasteiger partial charge >= 0.3 is 48.2 Å². The van der Waals surface area contributed by atoms with E-state index in [-0.39, 0.29) is 63.3 Å². The molecule has 0 fully saturated rings. The summed E-state index contributed by atoms with van der Waals surface area (Å²) in [4.78, 5) is 109. The van der Waals surface area contributed by atoms with Gasteiger partial charge in [-0.3, -0.25) is 14.4 Å². The van der Waals surface area contributed by atoms with Crippen LogP contribution in [-0.2, 0) is 43.2 Å². The summed E-state index contributed by atoms with van der Waals surface area (Å²) in [5.41, 5.74) is 0. The first-order valence-corrected chi connectivity index (χ1v) is 14.9. The van der Waals surface area contributed by atoms with Crippen LogP contribution in [0.2, 0.25) is 0 Å². The third-order valence-corrected chi connectivity index (χ3v) is 5.50. The fraction of sp³-hybridized carbons (Fsp3) is 0.679. The van der Waals surface area contributed by atoms with Gasteiger partial charge in [0.25, 0.3) is 0 Å². The summed E-state index contributed by atoms with van der Waals surface area (Å²) in [5.74, 6) is -4.21. The van der Waals surface area contributed by atoms with Crippen molar-refractivity contribution in [2.24, 2.45) is 0 Å². The molecule has 0 unspecified atom stereocenters. The van der Waals surface area contributed by atoms with E-state index >= 15 is 0 Å². The Morgan fingerprint density at radius 3 is 1.33 bits per heavy atom. The second-order valence-corrected chi connectivity index (χ2v) is 9.42. The molecule has 0 saturated carbocycles. The lowest BCUT2D eigenvalue weighted by molar-refractivity contribution is -0.193. The fourth-order valence-corrected chi connectivity index (χ4v) is 3.30. The zero-order valence-corrected chi connectivity index (χ0v) is 27.0. The molecule has 0 aliphatic rings. The van der Waals surface area contributed by atoms with Crippen LogP contribution in [0.3, 0.4) is 0 Å². The highest BCUT2D eigenvalue weighted by Gasteiger charge is 2.21. The maximum absolute atomic E-state index is 11.5. The predicted molar refractivity (Wildman–Crippen MR) is 161 cm³/mol. The van der Waals surface area contributed by atoms with Crippen molar-refractivity contribution in [1.82, 2.24) is 26.6 Å². The Morgan fingerprint density at radius 1 is 0.562 bits per heavy atom. The fourth-order valence-electron chi connectivity index (χ4n) is 3.30. The molecular formula is C28H47N5O15. The zero-order chi connectivity index (χ0) is 37.8. The third kappa shape index (κ3) is 40.8. The Bertz CT molecular complexity index is 1010. The summed E-state index contributed by atoms with van der Waals surface area (Å²) in [7, 11) is 0. The molecule has 0 bridgehead atoms. The Kier molecular flexibility index (Phi) is 37.6. The molecule has 0 saturated heterocycles. The molecule has 4 amide bonds. The van der Waals surface area contributed by atoms with Crippen LogP contribution in [0.15, 0.2) is 0 Å². The summed E-state index contributed by atoms with van der Waals surface area (Å²) in [5, 5.41) is 47.5. The highest BCUT2D eigenvalue weighted by Crippen LogP contribution is 2.03. The van der Waals surface area contributed by atoms with Crippen LogP contribution in [0.1, 0.15) is 84.5 Å². The van der Waals surface area contributed by atoms with Crippen LogP contribution in [0.25, 0.3) is 0 Å². The van der Waals surface area contributed by atoms with E-state index in [1.54, 1.807) is 0 Å². The van der Waals surface area contributed by atoms with Crippen molar-refractivity contribution >= 4 is 54.0 Å². The van der Waals surface area contributed by atoms with Crippen molar-refractivity contribution in [2.45, 2.75) is 96.6 Å². The lowest BCUT2D eigenvalue weighted by Gasteiger charge is -2.15. The maximum atomic E-state index is 11.5.